The molecule has 1 spiro atoms. The molecule has 1 saturated heterocycles. The number of amides is 1. The molecule has 166 valence electrons. The number of piperidine rings is 1. The van der Waals surface area contributed by atoms with Crippen LogP contribution in [0.25, 0.3) is 0 Å². The molecule has 0 radical (unpaired) electrons. The molecule has 2 aromatic carbocycles. The summed E-state index contributed by atoms with van der Waals surface area (Å²) in [5.74, 6) is 1.61. The molecule has 2 N–H and O–H groups in total. The highest BCUT2D eigenvalue weighted by molar-refractivity contribution is 7.98. The Bertz CT molecular complexity index is 1060. The molecular weight excluding hydrogens is 422 g/mol. The number of thioether (sulfide) groups is 1. The third-order valence-corrected chi connectivity index (χ3v) is 7.33. The van der Waals surface area contributed by atoms with Gasteiger partial charge in [-0.1, -0.05) is 42.1 Å². The summed E-state index contributed by atoms with van der Waals surface area (Å²) in [7, 11) is 2.15. The monoisotopic (exact) mass is 449 g/mol. The van der Waals surface area contributed by atoms with E-state index in [0.29, 0.717) is 5.56 Å². The molecule has 32 heavy (non-hydrogen) atoms. The Morgan fingerprint density at radius 1 is 1.22 bits per heavy atom. The number of hydrogen-bond donors (Lipinski definition) is 2. The number of carbonyl (C=O) groups is 1. The molecule has 0 saturated carbocycles. The van der Waals surface area contributed by atoms with Gasteiger partial charge in [0, 0.05) is 36.4 Å². The molecule has 1 atom stereocenters. The summed E-state index contributed by atoms with van der Waals surface area (Å²) in [4.78, 5) is 19.6. The van der Waals surface area contributed by atoms with E-state index >= 15 is 0 Å². The molecule has 8 heteroatoms. The van der Waals surface area contributed by atoms with Crippen LogP contribution in [0.3, 0.4) is 0 Å². The third kappa shape index (κ3) is 4.52. The number of nitrogens with zero attached hydrogens (tertiary/aromatic N) is 3. The van der Waals surface area contributed by atoms with E-state index in [-0.39, 0.29) is 17.6 Å². The van der Waals surface area contributed by atoms with E-state index in [9.17, 15) is 4.79 Å². The van der Waals surface area contributed by atoms with Crippen molar-refractivity contribution < 1.29 is 9.53 Å². The van der Waals surface area contributed by atoms with E-state index in [1.165, 1.54) is 6.33 Å². The number of H-pyrrole nitrogens is 1. The highest BCUT2D eigenvalue weighted by atomic mass is 32.2. The normalized spacial score (nSPS) is 19.8. The second-order valence-electron chi connectivity index (χ2n) is 8.63. The zero-order chi connectivity index (χ0) is 22.0. The van der Waals surface area contributed by atoms with Crippen LogP contribution < -0.4 is 10.1 Å². The van der Waals surface area contributed by atoms with Crippen molar-refractivity contribution in [3.05, 3.63) is 71.5 Å². The van der Waals surface area contributed by atoms with Gasteiger partial charge < -0.3 is 15.0 Å². The van der Waals surface area contributed by atoms with Crippen LogP contribution in [0.4, 0.5) is 0 Å². The van der Waals surface area contributed by atoms with Crippen LogP contribution in [0, 0.1) is 0 Å². The fourth-order valence-corrected chi connectivity index (χ4v) is 5.22. The minimum Gasteiger partial charge on any atom is -0.487 e. The lowest BCUT2D eigenvalue weighted by Crippen LogP contribution is -2.51. The van der Waals surface area contributed by atoms with Gasteiger partial charge >= 0.3 is 0 Å². The van der Waals surface area contributed by atoms with Crippen LogP contribution in [0.2, 0.25) is 0 Å². The number of likely N-dealkylation sites (tertiary alicyclic amines) is 1. The smallest absolute Gasteiger partial charge is 0.251 e. The predicted molar refractivity (Wildman–Crippen MR) is 124 cm³/mol. The predicted octanol–water partition coefficient (Wildman–Crippen LogP) is 3.82. The van der Waals surface area contributed by atoms with Crippen LogP contribution in [0.5, 0.6) is 5.75 Å². The summed E-state index contributed by atoms with van der Waals surface area (Å²) < 4.78 is 6.51. The van der Waals surface area contributed by atoms with Crippen molar-refractivity contribution in [3.63, 3.8) is 0 Å². The summed E-state index contributed by atoms with van der Waals surface area (Å²) in [5, 5.41) is 10.8. The number of para-hydroxylation sites is 1. The Balaban J connectivity index is 1.28. The van der Waals surface area contributed by atoms with Gasteiger partial charge in [-0.15, -0.1) is 0 Å². The van der Waals surface area contributed by atoms with Crippen LogP contribution in [-0.2, 0) is 5.75 Å². The van der Waals surface area contributed by atoms with Crippen LogP contribution in [-0.4, -0.2) is 51.7 Å². The Labute approximate surface area is 192 Å². The number of hydrogen-bond acceptors (Lipinski definition) is 6. The number of rotatable bonds is 5. The highest BCUT2D eigenvalue weighted by Crippen LogP contribution is 2.44. The minimum atomic E-state index is -0.208. The first-order valence-corrected chi connectivity index (χ1v) is 11.9. The largest absolute Gasteiger partial charge is 0.487 e. The van der Waals surface area contributed by atoms with Gasteiger partial charge in [0.05, 0.1) is 6.04 Å². The Hall–Kier alpha value is -2.84. The summed E-state index contributed by atoms with van der Waals surface area (Å²) in [6.07, 6.45) is 4.25. The van der Waals surface area contributed by atoms with E-state index in [4.69, 9.17) is 4.74 Å². The zero-order valence-electron chi connectivity index (χ0n) is 18.1. The fourth-order valence-electron chi connectivity index (χ4n) is 4.49. The lowest BCUT2D eigenvalue weighted by Gasteiger charge is -2.46. The lowest BCUT2D eigenvalue weighted by atomic mass is 9.80. The summed E-state index contributed by atoms with van der Waals surface area (Å²) in [6.45, 7) is 2.02. The van der Waals surface area contributed by atoms with Crippen molar-refractivity contribution in [3.8, 4) is 5.75 Å². The number of nitrogens with one attached hydrogen (secondary N) is 2. The van der Waals surface area contributed by atoms with Gasteiger partial charge in [0.1, 0.15) is 17.7 Å². The second kappa shape index (κ2) is 8.96. The van der Waals surface area contributed by atoms with Crippen LogP contribution in [0.1, 0.15) is 46.8 Å². The molecule has 5 rings (SSSR count). The van der Waals surface area contributed by atoms with Gasteiger partial charge in [0.25, 0.3) is 5.91 Å². The number of ether oxygens (including phenoxy) is 1. The molecule has 1 fully saturated rings. The molecule has 1 amide bonds. The lowest BCUT2D eigenvalue weighted by molar-refractivity contribution is -0.0195. The van der Waals surface area contributed by atoms with Gasteiger partial charge in [-0.2, -0.15) is 5.10 Å². The van der Waals surface area contributed by atoms with Gasteiger partial charge in [-0.25, -0.2) is 4.98 Å². The average molecular weight is 450 g/mol. The number of benzene rings is 2. The van der Waals surface area contributed by atoms with Crippen molar-refractivity contribution in [2.24, 2.45) is 0 Å². The SMILES string of the molecule is CN1CCC2(CC1)CC(NC(=O)c1ccc(CSc3ncn[nH]3)cc1)c1ccccc1O2. The van der Waals surface area contributed by atoms with Crippen molar-refractivity contribution >= 4 is 17.7 Å². The standard InChI is InChI=1S/C24H27N5O2S/c1-29-12-10-24(11-13-29)14-20(19-4-2-3-5-21(19)31-24)27-22(30)18-8-6-17(7-9-18)15-32-23-25-16-26-28-23/h2-9,16,20H,10-15H2,1H3,(H,27,30)(H,25,26,28). The van der Waals surface area contributed by atoms with Gasteiger partial charge in [0.15, 0.2) is 5.16 Å². The first-order valence-electron chi connectivity index (χ1n) is 10.9. The maximum absolute atomic E-state index is 13.1. The summed E-state index contributed by atoms with van der Waals surface area (Å²) in [6, 6.07) is 15.8. The number of carbonyl (C=O) groups excluding carboxylic acids is 1. The second-order valence-corrected chi connectivity index (χ2v) is 9.60. The van der Waals surface area contributed by atoms with E-state index in [0.717, 1.165) is 60.1 Å². The number of aromatic nitrogens is 3. The van der Waals surface area contributed by atoms with Crippen molar-refractivity contribution in [2.45, 2.75) is 41.8 Å². The Morgan fingerprint density at radius 3 is 2.75 bits per heavy atom. The summed E-state index contributed by atoms with van der Waals surface area (Å²) >= 11 is 1.58. The topological polar surface area (TPSA) is 83.1 Å². The van der Waals surface area contributed by atoms with Crippen molar-refractivity contribution in [1.29, 1.82) is 0 Å². The van der Waals surface area contributed by atoms with Crippen LogP contribution in [0.15, 0.2) is 60.0 Å². The minimum absolute atomic E-state index is 0.0516. The van der Waals surface area contributed by atoms with E-state index in [2.05, 4.69) is 38.5 Å². The molecule has 3 heterocycles. The quantitative estimate of drug-likeness (QED) is 0.577. The maximum Gasteiger partial charge on any atom is 0.251 e. The average Bonchev–Trinajstić information content (AvgIpc) is 3.34. The summed E-state index contributed by atoms with van der Waals surface area (Å²) in [5.41, 5.74) is 2.65. The Morgan fingerprint density at radius 2 is 2.00 bits per heavy atom. The molecule has 3 aromatic rings. The fraction of sp³-hybridized carbons (Fsp3) is 0.375. The first kappa shape index (κ1) is 21.0. The van der Waals surface area contributed by atoms with Gasteiger partial charge in [-0.3, -0.25) is 9.89 Å². The molecule has 1 unspecified atom stereocenters. The molecule has 0 bridgehead atoms. The maximum atomic E-state index is 13.1. The first-order chi connectivity index (χ1) is 15.6. The van der Waals surface area contributed by atoms with Gasteiger partial charge in [0.2, 0.25) is 0 Å². The highest BCUT2D eigenvalue weighted by Gasteiger charge is 2.43. The number of aromatic amines is 1. The molecule has 2 aliphatic rings. The van der Waals surface area contributed by atoms with E-state index < -0.39 is 0 Å². The molecular formula is C24H27N5O2S. The molecule has 1 aromatic heterocycles. The third-order valence-electron chi connectivity index (χ3n) is 6.39. The Kier molecular flexibility index (Phi) is 5.89. The molecule has 0 aliphatic carbocycles. The van der Waals surface area contributed by atoms with E-state index in [1.807, 2.05) is 42.5 Å². The molecule has 2 aliphatic heterocycles. The van der Waals surface area contributed by atoms with Crippen molar-refractivity contribution in [2.75, 3.05) is 20.1 Å². The van der Waals surface area contributed by atoms with Crippen LogP contribution >= 0.6 is 11.8 Å². The van der Waals surface area contributed by atoms with Gasteiger partial charge in [-0.05, 0) is 43.7 Å². The number of fused-ring (bicyclic) bond motifs is 1. The zero-order valence-corrected chi connectivity index (χ0v) is 18.9. The van der Waals surface area contributed by atoms with Crippen molar-refractivity contribution in [1.82, 2.24) is 25.4 Å². The molecule has 7 nitrogen and oxygen atoms in total. The van der Waals surface area contributed by atoms with E-state index in [1.54, 1.807) is 11.8 Å².